The van der Waals surface area contributed by atoms with Gasteiger partial charge < -0.3 is 0 Å². The third-order valence-corrected chi connectivity index (χ3v) is 6.95. The zero-order valence-electron chi connectivity index (χ0n) is 6.19. The summed E-state index contributed by atoms with van der Waals surface area (Å²) < 4.78 is -5.77. The molecule has 0 N–H and O–H groups in total. The SMILES string of the molecule is ClCC(Cl)(Cl)C(Cl)(Cl)C(Cl)(Cl)C(Cl)Cl. The van der Waals surface area contributed by atoms with Crippen molar-refractivity contribution in [1.29, 1.82) is 0 Å². The average molecular weight is 382 g/mol. The first-order chi connectivity index (χ1) is 6.00. The maximum atomic E-state index is 5.80. The quantitative estimate of drug-likeness (QED) is 0.560. The summed E-state index contributed by atoms with van der Waals surface area (Å²) in [6, 6.07) is 0. The Hall–Kier alpha value is 2.61. The molecule has 0 amide bonds. The van der Waals surface area contributed by atoms with Crippen molar-refractivity contribution in [3.8, 4) is 0 Å². The average Bonchev–Trinajstić information content (AvgIpc) is 2.03. The Kier molecular flexibility index (Phi) is 6.53. The summed E-state index contributed by atoms with van der Waals surface area (Å²) in [6.45, 7) is 0. The highest BCUT2D eigenvalue weighted by molar-refractivity contribution is 6.73. The van der Waals surface area contributed by atoms with Crippen molar-refractivity contribution in [3.05, 3.63) is 0 Å². The fourth-order valence-corrected chi connectivity index (χ4v) is 2.52. The van der Waals surface area contributed by atoms with Crippen LogP contribution in [0.15, 0.2) is 0 Å². The Labute approximate surface area is 127 Å². The molecule has 9 heteroatoms. The predicted molar refractivity (Wildman–Crippen MR) is 69.5 cm³/mol. The second kappa shape index (κ2) is 5.50. The molecular weight excluding hydrogens is 379 g/mol. The van der Waals surface area contributed by atoms with E-state index in [1.807, 2.05) is 0 Å². The van der Waals surface area contributed by atoms with Gasteiger partial charge in [-0.25, -0.2) is 0 Å². The molecule has 0 atom stereocenters. The monoisotopic (exact) mass is 378 g/mol. The van der Waals surface area contributed by atoms with Crippen LogP contribution in [0.5, 0.6) is 0 Å². The highest BCUT2D eigenvalue weighted by Gasteiger charge is 2.62. The second-order valence-corrected chi connectivity index (χ2v) is 7.90. The fourth-order valence-electron chi connectivity index (χ4n) is 0.465. The van der Waals surface area contributed by atoms with Gasteiger partial charge in [0.25, 0.3) is 0 Å². The van der Waals surface area contributed by atoms with E-state index < -0.39 is 17.8 Å². The summed E-state index contributed by atoms with van der Waals surface area (Å²) in [4.78, 5) is -1.29. The van der Waals surface area contributed by atoms with Crippen molar-refractivity contribution in [3.63, 3.8) is 0 Å². The zero-order chi connectivity index (χ0) is 11.8. The Balaban J connectivity index is 5.14. The van der Waals surface area contributed by atoms with Crippen LogP contribution < -0.4 is 0 Å². The normalized spacial score (nSPS) is 15.0. The van der Waals surface area contributed by atoms with Crippen LogP contribution in [0, 0.1) is 0 Å². The van der Waals surface area contributed by atoms with Crippen LogP contribution in [-0.4, -0.2) is 23.7 Å². The molecule has 14 heavy (non-hydrogen) atoms. The first-order valence-electron chi connectivity index (χ1n) is 2.98. The lowest BCUT2D eigenvalue weighted by molar-refractivity contribution is 0.633. The molecule has 0 saturated carbocycles. The van der Waals surface area contributed by atoms with Gasteiger partial charge in [-0.3, -0.25) is 0 Å². The number of alkyl halides is 9. The summed E-state index contributed by atoms with van der Waals surface area (Å²) in [7, 11) is 0. The van der Waals surface area contributed by atoms with Gasteiger partial charge in [-0.2, -0.15) is 0 Å². The van der Waals surface area contributed by atoms with Crippen LogP contribution in [0.1, 0.15) is 0 Å². The minimum atomic E-state index is -2.03. The molecule has 0 aromatic carbocycles. The molecule has 0 nitrogen and oxygen atoms in total. The van der Waals surface area contributed by atoms with Crippen LogP contribution >= 0.6 is 104 Å². The lowest BCUT2D eigenvalue weighted by atomic mass is 10.2. The van der Waals surface area contributed by atoms with Crippen molar-refractivity contribution in [2.75, 3.05) is 5.88 Å². The molecule has 0 aromatic rings. The van der Waals surface area contributed by atoms with Gasteiger partial charge in [0.05, 0.1) is 5.88 Å². The number of hydrogen-bond donors (Lipinski definition) is 0. The van der Waals surface area contributed by atoms with E-state index in [0.717, 1.165) is 0 Å². The Morgan fingerprint density at radius 2 is 1.21 bits per heavy atom. The number of halogens is 9. The number of hydrogen-bond acceptors (Lipinski definition) is 0. The van der Waals surface area contributed by atoms with Gasteiger partial charge in [-0.15, -0.1) is 34.8 Å². The van der Waals surface area contributed by atoms with E-state index in [0.29, 0.717) is 0 Å². The van der Waals surface area contributed by atoms with Gasteiger partial charge in [0.2, 0.25) is 0 Å². The van der Waals surface area contributed by atoms with E-state index in [1.54, 1.807) is 0 Å². The van der Waals surface area contributed by atoms with Crippen LogP contribution in [0.25, 0.3) is 0 Å². The largest absolute Gasteiger partial charge is 0.187 e. The van der Waals surface area contributed by atoms with Crippen LogP contribution in [0.3, 0.4) is 0 Å². The summed E-state index contributed by atoms with van der Waals surface area (Å²) >= 11 is 50.9. The highest BCUT2D eigenvalue weighted by atomic mass is 35.6. The van der Waals surface area contributed by atoms with Crippen LogP contribution in [-0.2, 0) is 0 Å². The third-order valence-electron chi connectivity index (χ3n) is 1.32. The Morgan fingerprint density at radius 1 is 0.857 bits per heavy atom. The summed E-state index contributed by atoms with van der Waals surface area (Å²) in [5.74, 6) is -0.301. The van der Waals surface area contributed by atoms with E-state index >= 15 is 0 Å². The molecule has 0 aliphatic rings. The summed E-state index contributed by atoms with van der Waals surface area (Å²) in [5.41, 5.74) is 0. The third kappa shape index (κ3) is 3.09. The topological polar surface area (TPSA) is 0 Å². The van der Waals surface area contributed by atoms with Gasteiger partial charge in [0.15, 0.2) is 13.0 Å². The maximum Gasteiger partial charge on any atom is 0.187 e. The van der Waals surface area contributed by atoms with Gasteiger partial charge in [0, 0.05) is 0 Å². The standard InChI is InChI=1S/C5H3Cl9/c6-1-3(9,10)5(13,14)4(11,12)2(7)8/h2H,1H2. The van der Waals surface area contributed by atoms with Crippen molar-refractivity contribution in [2.45, 2.75) is 17.8 Å². The molecule has 0 saturated heterocycles. The van der Waals surface area contributed by atoms with Gasteiger partial charge in [0.1, 0.15) is 4.84 Å². The van der Waals surface area contributed by atoms with Crippen molar-refractivity contribution >= 4 is 104 Å². The Morgan fingerprint density at radius 3 is 1.43 bits per heavy atom. The first kappa shape index (κ1) is 16.6. The fraction of sp³-hybridized carbons (Fsp3) is 1.00. The molecule has 0 spiro atoms. The van der Waals surface area contributed by atoms with E-state index in [1.165, 1.54) is 0 Å². The van der Waals surface area contributed by atoms with E-state index in [2.05, 4.69) is 0 Å². The molecule has 0 aliphatic heterocycles. The molecular formula is C5H3Cl9. The molecule has 0 bridgehead atoms. The second-order valence-electron chi connectivity index (χ2n) is 2.34. The van der Waals surface area contributed by atoms with E-state index in [9.17, 15) is 0 Å². The van der Waals surface area contributed by atoms with Gasteiger partial charge in [-0.05, 0) is 0 Å². The molecule has 0 heterocycles. The van der Waals surface area contributed by atoms with Crippen LogP contribution in [0.4, 0.5) is 0 Å². The molecule has 0 unspecified atom stereocenters. The molecule has 0 fully saturated rings. The lowest BCUT2D eigenvalue weighted by Crippen LogP contribution is -2.53. The highest BCUT2D eigenvalue weighted by Crippen LogP contribution is 2.57. The van der Waals surface area contributed by atoms with Crippen molar-refractivity contribution in [1.82, 2.24) is 0 Å². The summed E-state index contributed by atoms with van der Waals surface area (Å²) in [5, 5.41) is 0. The Bertz CT molecular complexity index is 195. The van der Waals surface area contributed by atoms with Gasteiger partial charge >= 0.3 is 0 Å². The number of rotatable bonds is 4. The maximum absolute atomic E-state index is 5.80. The molecule has 0 rings (SSSR count). The van der Waals surface area contributed by atoms with E-state index in [4.69, 9.17) is 104 Å². The zero-order valence-corrected chi connectivity index (χ0v) is 13.0. The van der Waals surface area contributed by atoms with Gasteiger partial charge in [-0.1, -0.05) is 69.6 Å². The first-order valence-corrected chi connectivity index (χ1v) is 6.65. The van der Waals surface area contributed by atoms with E-state index in [-0.39, 0.29) is 5.88 Å². The molecule has 86 valence electrons. The minimum Gasteiger partial charge on any atom is -0.123 e. The molecule has 0 radical (unpaired) electrons. The van der Waals surface area contributed by atoms with Crippen molar-refractivity contribution < 1.29 is 0 Å². The van der Waals surface area contributed by atoms with Crippen molar-refractivity contribution in [2.24, 2.45) is 0 Å². The summed E-state index contributed by atoms with van der Waals surface area (Å²) in [6.07, 6.45) is 0. The smallest absolute Gasteiger partial charge is 0.123 e. The molecule has 0 aliphatic carbocycles. The predicted octanol–water partition coefficient (Wildman–Crippen LogP) is 5.55. The lowest BCUT2D eigenvalue weighted by Gasteiger charge is -2.40. The van der Waals surface area contributed by atoms with Crippen LogP contribution in [0.2, 0.25) is 0 Å². The minimum absolute atomic E-state index is 0.301. The molecule has 0 aromatic heterocycles.